The molecule has 0 aliphatic carbocycles. The Bertz CT molecular complexity index is 939. The van der Waals surface area contributed by atoms with Crippen LogP contribution in [-0.4, -0.2) is 44.5 Å². The normalized spacial score (nSPS) is 16.1. The highest BCUT2D eigenvalue weighted by molar-refractivity contribution is 5.77. The predicted molar refractivity (Wildman–Crippen MR) is 99.6 cm³/mol. The van der Waals surface area contributed by atoms with E-state index < -0.39 is 12.5 Å². The van der Waals surface area contributed by atoms with Gasteiger partial charge in [0.05, 0.1) is 30.3 Å². The van der Waals surface area contributed by atoms with Crippen molar-refractivity contribution >= 4 is 5.95 Å². The molecule has 9 heteroatoms. The number of aliphatic hydroxyl groups excluding tert-OH is 1. The Morgan fingerprint density at radius 1 is 1.18 bits per heavy atom. The van der Waals surface area contributed by atoms with Gasteiger partial charge in [0, 0.05) is 11.8 Å². The Morgan fingerprint density at radius 2 is 1.93 bits per heavy atom. The summed E-state index contributed by atoms with van der Waals surface area (Å²) in [4.78, 5) is 16.4. The average molecular weight is 385 g/mol. The third-order valence-corrected chi connectivity index (χ3v) is 4.14. The van der Waals surface area contributed by atoms with Crippen molar-refractivity contribution in [3.63, 3.8) is 0 Å². The predicted octanol–water partition coefficient (Wildman–Crippen LogP) is 2.86. The molecule has 4 rings (SSSR count). The van der Waals surface area contributed by atoms with Gasteiger partial charge in [-0.15, -0.1) is 0 Å². The SMILES string of the molecule is CC(O)Nc1nccc(-c2[nH]c(C3OCCCO3)nc2-c2ccc(F)cc2)n1. The minimum Gasteiger partial charge on any atom is -0.374 e. The summed E-state index contributed by atoms with van der Waals surface area (Å²) in [5, 5.41) is 12.3. The molecule has 1 saturated heterocycles. The number of H-pyrrole nitrogens is 1. The van der Waals surface area contributed by atoms with Gasteiger partial charge in [-0.3, -0.25) is 0 Å². The summed E-state index contributed by atoms with van der Waals surface area (Å²) >= 11 is 0. The summed E-state index contributed by atoms with van der Waals surface area (Å²) in [6.07, 6.45) is 1.01. The molecule has 0 spiro atoms. The lowest BCUT2D eigenvalue weighted by molar-refractivity contribution is -0.186. The van der Waals surface area contributed by atoms with E-state index in [4.69, 9.17) is 9.47 Å². The van der Waals surface area contributed by atoms with Crippen molar-refractivity contribution in [3.05, 3.63) is 48.2 Å². The van der Waals surface area contributed by atoms with Crippen molar-refractivity contribution in [3.8, 4) is 22.6 Å². The molecule has 2 aromatic heterocycles. The molecule has 28 heavy (non-hydrogen) atoms. The molecular weight excluding hydrogens is 365 g/mol. The minimum atomic E-state index is -0.798. The minimum absolute atomic E-state index is 0.277. The molecule has 1 aliphatic rings. The summed E-state index contributed by atoms with van der Waals surface area (Å²) in [5.74, 6) is 0.460. The fourth-order valence-corrected chi connectivity index (χ4v) is 2.91. The lowest BCUT2D eigenvalue weighted by Gasteiger charge is -2.21. The Balaban J connectivity index is 1.78. The lowest BCUT2D eigenvalue weighted by atomic mass is 10.1. The molecule has 8 nitrogen and oxygen atoms in total. The van der Waals surface area contributed by atoms with Crippen LogP contribution in [0.1, 0.15) is 25.5 Å². The molecule has 0 amide bonds. The zero-order chi connectivity index (χ0) is 19.5. The fraction of sp³-hybridized carbons (Fsp3) is 0.316. The van der Waals surface area contributed by atoms with Gasteiger partial charge in [-0.1, -0.05) is 0 Å². The number of aromatic amines is 1. The smallest absolute Gasteiger partial charge is 0.225 e. The molecule has 1 aromatic carbocycles. The number of rotatable bonds is 5. The van der Waals surface area contributed by atoms with Crippen LogP contribution in [0.2, 0.25) is 0 Å². The van der Waals surface area contributed by atoms with Gasteiger partial charge in [-0.05, 0) is 43.7 Å². The molecule has 0 radical (unpaired) electrons. The number of hydrogen-bond acceptors (Lipinski definition) is 7. The maximum Gasteiger partial charge on any atom is 0.225 e. The summed E-state index contributed by atoms with van der Waals surface area (Å²) < 4.78 is 24.7. The molecule has 1 unspecified atom stereocenters. The van der Waals surface area contributed by atoms with Crippen LogP contribution < -0.4 is 5.32 Å². The van der Waals surface area contributed by atoms with E-state index >= 15 is 0 Å². The number of aromatic nitrogens is 4. The Kier molecular flexibility index (Phi) is 5.29. The van der Waals surface area contributed by atoms with E-state index in [1.165, 1.54) is 12.1 Å². The second-order valence-electron chi connectivity index (χ2n) is 6.37. The van der Waals surface area contributed by atoms with E-state index in [-0.39, 0.29) is 11.8 Å². The van der Waals surface area contributed by atoms with Crippen LogP contribution in [0.3, 0.4) is 0 Å². The number of anilines is 1. The van der Waals surface area contributed by atoms with Gasteiger partial charge >= 0.3 is 0 Å². The first-order valence-electron chi connectivity index (χ1n) is 8.97. The molecule has 1 atom stereocenters. The number of nitrogens with zero attached hydrogens (tertiary/aromatic N) is 3. The fourth-order valence-electron chi connectivity index (χ4n) is 2.91. The van der Waals surface area contributed by atoms with E-state index in [0.29, 0.717) is 36.1 Å². The van der Waals surface area contributed by atoms with Crippen molar-refractivity contribution in [2.75, 3.05) is 18.5 Å². The molecular formula is C19H20FN5O3. The van der Waals surface area contributed by atoms with Gasteiger partial charge in [-0.2, -0.15) is 0 Å². The summed E-state index contributed by atoms with van der Waals surface area (Å²) in [5.41, 5.74) is 2.50. The second kappa shape index (κ2) is 8.01. The highest BCUT2D eigenvalue weighted by atomic mass is 19.1. The first kappa shape index (κ1) is 18.5. The Hall–Kier alpha value is -2.88. The highest BCUT2D eigenvalue weighted by Gasteiger charge is 2.24. The maximum atomic E-state index is 13.4. The topological polar surface area (TPSA) is 105 Å². The van der Waals surface area contributed by atoms with Crippen molar-refractivity contribution < 1.29 is 19.0 Å². The third kappa shape index (κ3) is 4.01. The Morgan fingerprint density at radius 3 is 2.64 bits per heavy atom. The Labute approximate surface area is 160 Å². The van der Waals surface area contributed by atoms with E-state index in [9.17, 15) is 9.50 Å². The zero-order valence-electron chi connectivity index (χ0n) is 15.2. The number of halogens is 1. The summed E-state index contributed by atoms with van der Waals surface area (Å²) in [6.45, 7) is 2.75. The van der Waals surface area contributed by atoms with Crippen molar-refractivity contribution in [1.29, 1.82) is 0 Å². The largest absolute Gasteiger partial charge is 0.374 e. The van der Waals surface area contributed by atoms with Crippen molar-refractivity contribution in [1.82, 2.24) is 19.9 Å². The third-order valence-electron chi connectivity index (χ3n) is 4.14. The molecule has 1 aliphatic heterocycles. The quantitative estimate of drug-likeness (QED) is 0.580. The molecule has 1 fully saturated rings. The van der Waals surface area contributed by atoms with Gasteiger partial charge in [-0.25, -0.2) is 19.3 Å². The van der Waals surface area contributed by atoms with Crippen LogP contribution in [0.5, 0.6) is 0 Å². The van der Waals surface area contributed by atoms with Crippen molar-refractivity contribution in [2.24, 2.45) is 0 Å². The van der Waals surface area contributed by atoms with Crippen LogP contribution in [0.15, 0.2) is 36.5 Å². The van der Waals surface area contributed by atoms with E-state index in [1.807, 2.05) is 0 Å². The standard InChI is InChI=1S/C19H20FN5O3/c1-11(26)22-19-21-8-7-14(23-19)16-15(12-3-5-13(20)6-4-12)24-17(25-16)18-27-9-2-10-28-18/h3-8,11,18,26H,2,9-10H2,1H3,(H,24,25)(H,21,22,23). The number of nitrogens with one attached hydrogen (secondary N) is 2. The monoisotopic (exact) mass is 385 g/mol. The van der Waals surface area contributed by atoms with Crippen LogP contribution >= 0.6 is 0 Å². The van der Waals surface area contributed by atoms with Crippen molar-refractivity contribution in [2.45, 2.75) is 25.9 Å². The van der Waals surface area contributed by atoms with Gasteiger partial charge in [0.25, 0.3) is 0 Å². The molecule has 3 aromatic rings. The highest BCUT2D eigenvalue weighted by Crippen LogP contribution is 2.32. The summed E-state index contributed by atoms with van der Waals surface area (Å²) in [6, 6.07) is 7.78. The number of hydrogen-bond donors (Lipinski definition) is 3. The maximum absolute atomic E-state index is 13.4. The van der Waals surface area contributed by atoms with Crippen LogP contribution in [0.4, 0.5) is 10.3 Å². The number of benzene rings is 1. The van der Waals surface area contributed by atoms with Crippen LogP contribution in [-0.2, 0) is 9.47 Å². The number of aliphatic hydroxyl groups is 1. The molecule has 146 valence electrons. The molecule has 0 bridgehead atoms. The number of ether oxygens (including phenoxy) is 2. The second-order valence-corrected chi connectivity index (χ2v) is 6.37. The molecule has 3 N–H and O–H groups in total. The molecule has 0 saturated carbocycles. The molecule has 3 heterocycles. The first-order chi connectivity index (χ1) is 13.6. The van der Waals surface area contributed by atoms with Gasteiger partial charge < -0.3 is 24.9 Å². The van der Waals surface area contributed by atoms with E-state index in [1.54, 1.807) is 31.3 Å². The number of imidazole rings is 1. The zero-order valence-corrected chi connectivity index (χ0v) is 15.2. The van der Waals surface area contributed by atoms with Gasteiger partial charge in [0.1, 0.15) is 12.0 Å². The summed E-state index contributed by atoms with van der Waals surface area (Å²) in [7, 11) is 0. The van der Waals surface area contributed by atoms with E-state index in [0.717, 1.165) is 12.0 Å². The lowest BCUT2D eigenvalue weighted by Crippen LogP contribution is -2.18. The first-order valence-corrected chi connectivity index (χ1v) is 8.97. The van der Waals surface area contributed by atoms with Crippen LogP contribution in [0, 0.1) is 5.82 Å². The van der Waals surface area contributed by atoms with Gasteiger partial charge in [0.2, 0.25) is 12.2 Å². The van der Waals surface area contributed by atoms with E-state index in [2.05, 4.69) is 25.3 Å². The van der Waals surface area contributed by atoms with Gasteiger partial charge in [0.15, 0.2) is 5.82 Å². The average Bonchev–Trinajstić information content (AvgIpc) is 3.14. The van der Waals surface area contributed by atoms with Crippen LogP contribution in [0.25, 0.3) is 22.6 Å².